The molecule has 2 heteroatoms. The lowest BCUT2D eigenvalue weighted by molar-refractivity contribution is 0.0364. The molecule has 0 saturated carbocycles. The molecule has 64 valence electrons. The van der Waals surface area contributed by atoms with Crippen molar-refractivity contribution in [1.29, 1.82) is 0 Å². The van der Waals surface area contributed by atoms with Gasteiger partial charge in [-0.2, -0.15) is 0 Å². The molecule has 0 saturated heterocycles. The zero-order valence-corrected chi connectivity index (χ0v) is 7.96. The third kappa shape index (κ3) is 1.56. The quantitative estimate of drug-likeness (QED) is 0.599. The molecule has 1 heterocycles. The van der Waals surface area contributed by atoms with Crippen molar-refractivity contribution in [3.63, 3.8) is 0 Å². The van der Waals surface area contributed by atoms with Gasteiger partial charge in [-0.1, -0.05) is 6.92 Å². The highest BCUT2D eigenvalue weighted by Crippen LogP contribution is 2.19. The van der Waals surface area contributed by atoms with Crippen LogP contribution in [0.3, 0.4) is 0 Å². The Labute approximate surface area is 69.5 Å². The van der Waals surface area contributed by atoms with Gasteiger partial charge in [-0.25, -0.2) is 5.01 Å². The standard InChI is InChI=1S/C9H18N2/c1-5-6-11-9(3)7-8(2)10(11)4/h7,9H,5-6H2,1-4H3. The molecule has 0 aromatic heterocycles. The zero-order valence-electron chi connectivity index (χ0n) is 7.96. The molecule has 0 bridgehead atoms. The first-order chi connectivity index (χ1) is 5.16. The van der Waals surface area contributed by atoms with E-state index < -0.39 is 0 Å². The van der Waals surface area contributed by atoms with Crippen molar-refractivity contribution in [2.24, 2.45) is 0 Å². The molecule has 0 aromatic carbocycles. The molecular formula is C9H18N2. The van der Waals surface area contributed by atoms with Crippen molar-refractivity contribution in [3.8, 4) is 0 Å². The summed E-state index contributed by atoms with van der Waals surface area (Å²) in [5, 5.41) is 4.63. The van der Waals surface area contributed by atoms with Gasteiger partial charge in [-0.3, -0.25) is 0 Å². The van der Waals surface area contributed by atoms with Gasteiger partial charge in [0, 0.05) is 25.3 Å². The third-order valence-corrected chi connectivity index (χ3v) is 2.30. The molecule has 1 atom stereocenters. The van der Waals surface area contributed by atoms with E-state index in [1.165, 1.54) is 12.1 Å². The predicted molar refractivity (Wildman–Crippen MR) is 48.0 cm³/mol. The minimum absolute atomic E-state index is 0.583. The normalized spacial score (nSPS) is 26.0. The van der Waals surface area contributed by atoms with E-state index in [1.54, 1.807) is 0 Å². The first-order valence-electron chi connectivity index (χ1n) is 4.35. The summed E-state index contributed by atoms with van der Waals surface area (Å²) in [6.45, 7) is 7.77. The molecule has 0 aromatic rings. The first kappa shape index (κ1) is 8.60. The average molecular weight is 154 g/mol. The van der Waals surface area contributed by atoms with Crippen LogP contribution in [0.4, 0.5) is 0 Å². The van der Waals surface area contributed by atoms with Crippen LogP contribution in [0.25, 0.3) is 0 Å². The predicted octanol–water partition coefficient (Wildman–Crippen LogP) is 1.85. The van der Waals surface area contributed by atoms with Gasteiger partial charge in [0.2, 0.25) is 0 Å². The number of nitrogens with zero attached hydrogens (tertiary/aromatic N) is 2. The molecular weight excluding hydrogens is 136 g/mol. The Morgan fingerprint density at radius 3 is 2.55 bits per heavy atom. The third-order valence-electron chi connectivity index (χ3n) is 2.30. The monoisotopic (exact) mass is 154 g/mol. The molecule has 1 aliphatic rings. The summed E-state index contributed by atoms with van der Waals surface area (Å²) >= 11 is 0. The highest BCUT2D eigenvalue weighted by atomic mass is 15.6. The summed E-state index contributed by atoms with van der Waals surface area (Å²) in [5.74, 6) is 0. The van der Waals surface area contributed by atoms with Gasteiger partial charge < -0.3 is 5.01 Å². The Balaban J connectivity index is 2.57. The largest absolute Gasteiger partial charge is 0.313 e. The minimum Gasteiger partial charge on any atom is -0.313 e. The summed E-state index contributed by atoms with van der Waals surface area (Å²) in [6.07, 6.45) is 3.52. The second kappa shape index (κ2) is 3.26. The van der Waals surface area contributed by atoms with Crippen LogP contribution in [-0.4, -0.2) is 29.7 Å². The van der Waals surface area contributed by atoms with E-state index in [0.29, 0.717) is 6.04 Å². The molecule has 11 heavy (non-hydrogen) atoms. The van der Waals surface area contributed by atoms with Crippen LogP contribution in [-0.2, 0) is 0 Å². The van der Waals surface area contributed by atoms with Crippen LogP contribution in [0, 0.1) is 0 Å². The average Bonchev–Trinajstić information content (AvgIpc) is 2.17. The van der Waals surface area contributed by atoms with Crippen LogP contribution in [0.2, 0.25) is 0 Å². The molecule has 1 unspecified atom stereocenters. The van der Waals surface area contributed by atoms with Crippen molar-refractivity contribution in [2.75, 3.05) is 13.6 Å². The van der Waals surface area contributed by atoms with E-state index in [-0.39, 0.29) is 0 Å². The molecule has 0 aliphatic carbocycles. The highest BCUT2D eigenvalue weighted by Gasteiger charge is 2.22. The van der Waals surface area contributed by atoms with Crippen LogP contribution < -0.4 is 0 Å². The SMILES string of the molecule is CCCN1C(C)C=C(C)N1C. The van der Waals surface area contributed by atoms with Crippen molar-refractivity contribution < 1.29 is 0 Å². The number of hydrogen-bond acceptors (Lipinski definition) is 2. The summed E-state index contributed by atoms with van der Waals surface area (Å²) in [4.78, 5) is 0. The molecule has 2 nitrogen and oxygen atoms in total. The maximum absolute atomic E-state index is 2.38. The molecule has 0 fully saturated rings. The van der Waals surface area contributed by atoms with Crippen LogP contribution in [0.15, 0.2) is 11.8 Å². The van der Waals surface area contributed by atoms with Gasteiger partial charge in [0.05, 0.1) is 0 Å². The Morgan fingerprint density at radius 1 is 1.55 bits per heavy atom. The van der Waals surface area contributed by atoms with E-state index >= 15 is 0 Å². The Kier molecular flexibility index (Phi) is 2.55. The van der Waals surface area contributed by atoms with Gasteiger partial charge in [-0.15, -0.1) is 0 Å². The van der Waals surface area contributed by atoms with Gasteiger partial charge >= 0.3 is 0 Å². The van der Waals surface area contributed by atoms with Gasteiger partial charge in [0.1, 0.15) is 0 Å². The summed E-state index contributed by atoms with van der Waals surface area (Å²) < 4.78 is 0. The van der Waals surface area contributed by atoms with Crippen LogP contribution >= 0.6 is 0 Å². The lowest BCUT2D eigenvalue weighted by atomic mass is 10.3. The zero-order chi connectivity index (χ0) is 8.43. The molecule has 0 spiro atoms. The van der Waals surface area contributed by atoms with Gasteiger partial charge in [0.15, 0.2) is 0 Å². The molecule has 0 amide bonds. The summed E-state index contributed by atoms with van der Waals surface area (Å²) in [6, 6.07) is 0.583. The minimum atomic E-state index is 0.583. The van der Waals surface area contributed by atoms with E-state index in [0.717, 1.165) is 6.54 Å². The Morgan fingerprint density at radius 2 is 2.18 bits per heavy atom. The Hall–Kier alpha value is -0.500. The molecule has 0 radical (unpaired) electrons. The van der Waals surface area contributed by atoms with E-state index in [9.17, 15) is 0 Å². The van der Waals surface area contributed by atoms with Crippen molar-refractivity contribution in [1.82, 2.24) is 10.0 Å². The lowest BCUT2D eigenvalue weighted by Gasteiger charge is -2.30. The fraction of sp³-hybridized carbons (Fsp3) is 0.778. The smallest absolute Gasteiger partial charge is 0.0464 e. The van der Waals surface area contributed by atoms with E-state index in [4.69, 9.17) is 0 Å². The number of allylic oxidation sites excluding steroid dienone is 1. The van der Waals surface area contributed by atoms with Gasteiger partial charge in [0.25, 0.3) is 0 Å². The van der Waals surface area contributed by atoms with Crippen molar-refractivity contribution in [2.45, 2.75) is 33.2 Å². The highest BCUT2D eigenvalue weighted by molar-refractivity contribution is 5.07. The second-order valence-electron chi connectivity index (χ2n) is 3.24. The van der Waals surface area contributed by atoms with Crippen LogP contribution in [0.5, 0.6) is 0 Å². The molecule has 1 rings (SSSR count). The fourth-order valence-corrected chi connectivity index (χ4v) is 1.60. The van der Waals surface area contributed by atoms with Crippen molar-refractivity contribution in [3.05, 3.63) is 11.8 Å². The maximum atomic E-state index is 2.38. The molecule has 1 aliphatic heterocycles. The van der Waals surface area contributed by atoms with Crippen LogP contribution in [0.1, 0.15) is 27.2 Å². The van der Waals surface area contributed by atoms with Crippen molar-refractivity contribution >= 4 is 0 Å². The van der Waals surface area contributed by atoms with E-state index in [1.807, 2.05) is 0 Å². The summed E-state index contributed by atoms with van der Waals surface area (Å²) in [5.41, 5.74) is 1.37. The van der Waals surface area contributed by atoms with Gasteiger partial charge in [-0.05, 0) is 26.3 Å². The number of rotatable bonds is 2. The summed E-state index contributed by atoms with van der Waals surface area (Å²) in [7, 11) is 2.13. The Bertz CT molecular complexity index is 163. The lowest BCUT2D eigenvalue weighted by Crippen LogP contribution is -2.38. The van der Waals surface area contributed by atoms with E-state index in [2.05, 4.69) is 43.9 Å². The number of hydrazine groups is 1. The second-order valence-corrected chi connectivity index (χ2v) is 3.24. The molecule has 0 N–H and O–H groups in total. The maximum Gasteiger partial charge on any atom is 0.0464 e. The first-order valence-corrected chi connectivity index (χ1v) is 4.35. The topological polar surface area (TPSA) is 6.48 Å². The fourth-order valence-electron chi connectivity index (χ4n) is 1.60. The number of hydrogen-bond donors (Lipinski definition) is 0.